The molecule has 0 rings (SSSR count). The van der Waals surface area contributed by atoms with Gasteiger partial charge in [0, 0.05) is 12.5 Å². The summed E-state index contributed by atoms with van der Waals surface area (Å²) in [6.07, 6.45) is 9.23. The summed E-state index contributed by atoms with van der Waals surface area (Å²) in [5.41, 5.74) is -0.0801. The molecule has 3 unspecified atom stereocenters. The first-order chi connectivity index (χ1) is 11.5. The number of hydrogen-bond acceptors (Lipinski definition) is 5. The molecule has 144 valence electrons. The van der Waals surface area contributed by atoms with Crippen LogP contribution in [0.15, 0.2) is 0 Å². The van der Waals surface area contributed by atoms with E-state index >= 15 is 0 Å². The van der Waals surface area contributed by atoms with Gasteiger partial charge in [-0.1, -0.05) is 59.3 Å². The lowest BCUT2D eigenvalue weighted by molar-refractivity contribution is -0.711. The molecule has 24 heavy (non-hydrogen) atoms. The normalized spacial score (nSPS) is 14.9. The maximum atomic E-state index is 10.7. The Labute approximate surface area is 149 Å². The molecule has 0 N–H and O–H groups in total. The molecule has 0 heterocycles. The zero-order chi connectivity index (χ0) is 18.4. The second-order valence-electron chi connectivity index (χ2n) is 6.43. The molecule has 0 aromatic heterocycles. The van der Waals surface area contributed by atoms with Gasteiger partial charge >= 0.3 is 0 Å². The fraction of sp³-hybridized carbons (Fsp3) is 1.00. The van der Waals surface area contributed by atoms with Gasteiger partial charge < -0.3 is 9.47 Å². The van der Waals surface area contributed by atoms with Crippen molar-refractivity contribution in [1.82, 2.24) is 0 Å². The largest absolute Gasteiger partial charge is 0.356 e. The van der Waals surface area contributed by atoms with Crippen LogP contribution in [0, 0.1) is 15.5 Å². The zero-order valence-corrected chi connectivity index (χ0v) is 17.0. The molecule has 0 fully saturated rings. The first kappa shape index (κ1) is 23.5. The molecule has 0 radical (unpaired) electrons. The van der Waals surface area contributed by atoms with Crippen molar-refractivity contribution in [3.63, 3.8) is 0 Å². The number of hydrogen-bond donors (Lipinski definition) is 0. The van der Waals surface area contributed by atoms with E-state index < -0.39 is 11.4 Å². The van der Waals surface area contributed by atoms with Crippen molar-refractivity contribution < 1.29 is 19.2 Å². The second-order valence-corrected chi connectivity index (χ2v) is 7.37. The zero-order valence-electron chi connectivity index (χ0n) is 16.0. The van der Waals surface area contributed by atoms with E-state index in [4.69, 9.17) is 14.1 Å². The lowest BCUT2D eigenvalue weighted by Gasteiger charge is -2.41. The monoisotopic (exact) mass is 365 g/mol. The smallest absolute Gasteiger partial charge is 0.297 e. The summed E-state index contributed by atoms with van der Waals surface area (Å²) in [4.78, 5) is 10.7. The van der Waals surface area contributed by atoms with Gasteiger partial charge in [-0.2, -0.15) is 0 Å². The molecule has 0 saturated heterocycles. The summed E-state index contributed by atoms with van der Waals surface area (Å²) in [7, 11) is 1.27. The van der Waals surface area contributed by atoms with E-state index in [1.54, 1.807) is 7.11 Å². The van der Waals surface area contributed by atoms with Crippen LogP contribution in [0.5, 0.6) is 0 Å². The van der Waals surface area contributed by atoms with Crippen molar-refractivity contribution in [1.29, 1.82) is 0 Å². The molecule has 0 amide bonds. The molecule has 0 aromatic rings. The predicted octanol–water partition coefficient (Wildman–Crippen LogP) is 5.68. The Bertz CT molecular complexity index is 308. The van der Waals surface area contributed by atoms with Gasteiger partial charge in [0.1, 0.15) is 5.85 Å². The van der Waals surface area contributed by atoms with Crippen LogP contribution in [0.3, 0.4) is 0 Å². The molecular weight excluding hydrogens is 329 g/mol. The highest BCUT2D eigenvalue weighted by Gasteiger charge is 2.40. The van der Waals surface area contributed by atoms with Gasteiger partial charge in [-0.05, 0) is 26.2 Å². The molecule has 7 heteroatoms. The quantitative estimate of drug-likeness (QED) is 0.152. The second kappa shape index (κ2) is 13.8. The Morgan fingerprint density at radius 2 is 1.50 bits per heavy atom. The van der Waals surface area contributed by atoms with Gasteiger partial charge in [0.15, 0.2) is 6.29 Å². The maximum absolute atomic E-state index is 10.7. The van der Waals surface area contributed by atoms with E-state index in [1.165, 1.54) is 0 Å². The van der Waals surface area contributed by atoms with Crippen LogP contribution >= 0.6 is 8.81 Å². The highest BCUT2D eigenvalue weighted by atomic mass is 31.1. The van der Waals surface area contributed by atoms with Gasteiger partial charge in [-0.3, -0.25) is 4.62 Å². The molecular formula is C17H36NO5P. The van der Waals surface area contributed by atoms with E-state index in [2.05, 4.69) is 20.8 Å². The molecule has 0 spiro atoms. The van der Waals surface area contributed by atoms with Crippen LogP contribution in [0.4, 0.5) is 0 Å². The summed E-state index contributed by atoms with van der Waals surface area (Å²) in [6.45, 7) is 8.35. The number of unbranched alkanes of at least 4 members (excludes halogenated alkanes) is 3. The third kappa shape index (κ3) is 9.14. The third-order valence-corrected chi connectivity index (χ3v) is 5.75. The van der Waals surface area contributed by atoms with Crippen LogP contribution in [0.25, 0.3) is 0 Å². The Balaban J connectivity index is 5.43. The third-order valence-electron chi connectivity index (χ3n) is 4.53. The standard InChI is InChI=1S/C17H36NO5P/c1-6-9-12-17(13-10-7-2,14-11-8-3)16(22-15(4)21-5)24-23-18(19)20/h15-16,24H,6-14H2,1-5H3. The summed E-state index contributed by atoms with van der Waals surface area (Å²) in [6, 6.07) is 0. The lowest BCUT2D eigenvalue weighted by atomic mass is 9.74. The Hall–Kier alpha value is -0.450. The van der Waals surface area contributed by atoms with Crippen LogP contribution in [-0.4, -0.2) is 24.3 Å². The van der Waals surface area contributed by atoms with E-state index in [-0.39, 0.29) is 20.1 Å². The fourth-order valence-electron chi connectivity index (χ4n) is 2.99. The highest BCUT2D eigenvalue weighted by molar-refractivity contribution is 7.32. The maximum Gasteiger partial charge on any atom is 0.297 e. The van der Waals surface area contributed by atoms with Crippen molar-refractivity contribution in [2.75, 3.05) is 7.11 Å². The minimum absolute atomic E-state index is 0.0801. The fourth-order valence-corrected chi connectivity index (χ4v) is 4.10. The first-order valence-corrected chi connectivity index (χ1v) is 10.2. The number of rotatable bonds is 16. The van der Waals surface area contributed by atoms with Crippen molar-refractivity contribution >= 4 is 8.81 Å². The summed E-state index contributed by atoms with van der Waals surface area (Å²) in [5, 5.41) is 10.0. The Morgan fingerprint density at radius 1 is 1.04 bits per heavy atom. The number of nitrogens with zero attached hydrogens (tertiary/aromatic N) is 1. The summed E-state index contributed by atoms with van der Waals surface area (Å²) in [5.74, 6) is -0.303. The first-order valence-electron chi connectivity index (χ1n) is 9.20. The molecule has 0 aromatic carbocycles. The van der Waals surface area contributed by atoms with Gasteiger partial charge in [0.05, 0.1) is 8.81 Å². The Kier molecular flexibility index (Phi) is 13.5. The summed E-state index contributed by atoms with van der Waals surface area (Å²) < 4.78 is 16.1. The van der Waals surface area contributed by atoms with E-state index in [1.807, 2.05) is 6.92 Å². The number of methoxy groups -OCH3 is 1. The van der Waals surface area contributed by atoms with Crippen molar-refractivity contribution in [3.05, 3.63) is 10.1 Å². The summed E-state index contributed by atoms with van der Waals surface area (Å²) >= 11 is 0. The van der Waals surface area contributed by atoms with Crippen molar-refractivity contribution in [2.24, 2.45) is 5.41 Å². The van der Waals surface area contributed by atoms with E-state index in [0.29, 0.717) is 0 Å². The topological polar surface area (TPSA) is 70.8 Å². The predicted molar refractivity (Wildman–Crippen MR) is 98.7 cm³/mol. The van der Waals surface area contributed by atoms with Gasteiger partial charge in [0.25, 0.3) is 5.09 Å². The van der Waals surface area contributed by atoms with Gasteiger partial charge in [0.2, 0.25) is 0 Å². The van der Waals surface area contributed by atoms with Crippen LogP contribution in [-0.2, 0) is 14.1 Å². The van der Waals surface area contributed by atoms with Crippen molar-refractivity contribution in [2.45, 2.75) is 97.6 Å². The van der Waals surface area contributed by atoms with Gasteiger partial charge in [-0.15, -0.1) is 10.1 Å². The molecule has 0 saturated carbocycles. The van der Waals surface area contributed by atoms with Crippen LogP contribution in [0.1, 0.15) is 85.5 Å². The van der Waals surface area contributed by atoms with E-state index in [9.17, 15) is 10.1 Å². The van der Waals surface area contributed by atoms with Crippen molar-refractivity contribution in [3.8, 4) is 0 Å². The van der Waals surface area contributed by atoms with Crippen LogP contribution < -0.4 is 0 Å². The number of ether oxygens (including phenoxy) is 2. The Morgan fingerprint density at radius 3 is 1.83 bits per heavy atom. The molecule has 0 aliphatic heterocycles. The minimum Gasteiger partial charge on any atom is -0.356 e. The van der Waals surface area contributed by atoms with Gasteiger partial charge in [-0.25, -0.2) is 0 Å². The molecule has 3 atom stereocenters. The molecule has 0 bridgehead atoms. The minimum atomic E-state index is -0.712. The SMILES string of the molecule is CCCCC(CCCC)(CCCC)C(OC(C)OC)PO[N+](=O)[O-]. The van der Waals surface area contributed by atoms with E-state index in [0.717, 1.165) is 57.8 Å². The average Bonchev–Trinajstić information content (AvgIpc) is 2.58. The highest BCUT2D eigenvalue weighted by Crippen LogP contribution is 2.48. The van der Waals surface area contributed by atoms with Crippen LogP contribution in [0.2, 0.25) is 0 Å². The molecule has 0 aliphatic carbocycles. The average molecular weight is 365 g/mol. The molecule has 6 nitrogen and oxygen atoms in total. The lowest BCUT2D eigenvalue weighted by Crippen LogP contribution is -2.37. The molecule has 0 aliphatic rings.